The van der Waals surface area contributed by atoms with Crippen LogP contribution < -0.4 is 10.6 Å². The molecule has 0 saturated heterocycles. The highest BCUT2D eigenvalue weighted by Gasteiger charge is 2.30. The van der Waals surface area contributed by atoms with Gasteiger partial charge in [-0.2, -0.15) is 0 Å². The Bertz CT molecular complexity index is 1080. The van der Waals surface area contributed by atoms with Crippen LogP contribution in [0.1, 0.15) is 36.6 Å². The zero-order valence-corrected chi connectivity index (χ0v) is 20.9. The number of esters is 1. The topological polar surface area (TPSA) is 79.8 Å². The van der Waals surface area contributed by atoms with Crippen LogP contribution in [0.4, 0.5) is 5.69 Å². The van der Waals surface area contributed by atoms with Crippen molar-refractivity contribution in [2.75, 3.05) is 17.7 Å². The van der Waals surface area contributed by atoms with Crippen LogP contribution in [0.15, 0.2) is 63.2 Å². The Morgan fingerprint density at radius 1 is 1.16 bits per heavy atom. The molecule has 0 aliphatic carbocycles. The van der Waals surface area contributed by atoms with Gasteiger partial charge in [0, 0.05) is 15.9 Å². The maximum atomic E-state index is 12.6. The Kier molecular flexibility index (Phi) is 8.15. The standard InChI is InChI=1S/C24H26BrN3O3S/c1-5-31-23(30)21-16(4)26-24(28-22(21)17-7-6-8-18(25)12-17)32-13-20(29)27-19-10-14(2)9-15(3)11-19/h6-12,22H,5,13H2,1-4H3,(H,26,28)(H,27,29)/t22-/m1/s1. The number of carbonyl (C=O) groups is 2. The van der Waals surface area contributed by atoms with Crippen molar-refractivity contribution in [2.24, 2.45) is 4.99 Å². The molecule has 2 aromatic rings. The van der Waals surface area contributed by atoms with Crippen molar-refractivity contribution in [1.82, 2.24) is 5.32 Å². The highest BCUT2D eigenvalue weighted by atomic mass is 79.9. The molecule has 0 unspecified atom stereocenters. The monoisotopic (exact) mass is 515 g/mol. The van der Waals surface area contributed by atoms with E-state index in [0.29, 0.717) is 16.4 Å². The molecule has 1 heterocycles. The number of rotatable bonds is 6. The zero-order chi connectivity index (χ0) is 23.3. The number of hydrogen-bond donors (Lipinski definition) is 2. The van der Waals surface area contributed by atoms with Crippen LogP contribution in [0.2, 0.25) is 0 Å². The van der Waals surface area contributed by atoms with Crippen molar-refractivity contribution in [2.45, 2.75) is 33.7 Å². The summed E-state index contributed by atoms with van der Waals surface area (Å²) in [5.41, 5.74) is 4.96. The molecule has 1 amide bonds. The smallest absolute Gasteiger partial charge is 0.338 e. The molecule has 0 aromatic heterocycles. The molecule has 32 heavy (non-hydrogen) atoms. The average Bonchev–Trinajstić information content (AvgIpc) is 2.71. The van der Waals surface area contributed by atoms with Crippen molar-refractivity contribution >= 4 is 50.4 Å². The summed E-state index contributed by atoms with van der Waals surface area (Å²) in [6, 6.07) is 13.1. The van der Waals surface area contributed by atoms with Crippen LogP contribution in [0.3, 0.4) is 0 Å². The molecule has 1 atom stereocenters. The highest BCUT2D eigenvalue weighted by Crippen LogP contribution is 2.34. The lowest BCUT2D eigenvalue weighted by Crippen LogP contribution is -2.31. The number of aryl methyl sites for hydroxylation is 2. The second kappa shape index (κ2) is 10.8. The van der Waals surface area contributed by atoms with Crippen LogP contribution in [-0.2, 0) is 14.3 Å². The molecular weight excluding hydrogens is 490 g/mol. The van der Waals surface area contributed by atoms with E-state index in [4.69, 9.17) is 9.73 Å². The lowest BCUT2D eigenvalue weighted by Gasteiger charge is -2.25. The Hall–Kier alpha value is -2.58. The van der Waals surface area contributed by atoms with Crippen molar-refractivity contribution in [3.63, 3.8) is 0 Å². The fraction of sp³-hybridized carbons (Fsp3) is 0.292. The van der Waals surface area contributed by atoms with E-state index in [1.165, 1.54) is 11.8 Å². The number of anilines is 1. The molecule has 2 N–H and O–H groups in total. The molecule has 2 aromatic carbocycles. The lowest BCUT2D eigenvalue weighted by molar-refractivity contribution is -0.139. The number of nitrogens with one attached hydrogen (secondary N) is 2. The predicted octanol–water partition coefficient (Wildman–Crippen LogP) is 5.28. The van der Waals surface area contributed by atoms with Gasteiger partial charge in [-0.25, -0.2) is 9.79 Å². The molecule has 0 spiro atoms. The number of benzene rings is 2. The van der Waals surface area contributed by atoms with Gasteiger partial charge >= 0.3 is 5.97 Å². The summed E-state index contributed by atoms with van der Waals surface area (Å²) < 4.78 is 6.16. The third kappa shape index (κ3) is 6.23. The highest BCUT2D eigenvalue weighted by molar-refractivity contribution is 9.10. The van der Waals surface area contributed by atoms with E-state index in [0.717, 1.165) is 26.9 Å². The Morgan fingerprint density at radius 2 is 1.88 bits per heavy atom. The maximum Gasteiger partial charge on any atom is 0.338 e. The van der Waals surface area contributed by atoms with E-state index in [9.17, 15) is 9.59 Å². The molecule has 6 nitrogen and oxygen atoms in total. The first kappa shape index (κ1) is 24.1. The lowest BCUT2D eigenvalue weighted by atomic mass is 9.97. The normalized spacial score (nSPS) is 15.7. The van der Waals surface area contributed by atoms with Crippen LogP contribution in [0.5, 0.6) is 0 Å². The number of nitrogens with zero attached hydrogens (tertiary/aromatic N) is 1. The van der Waals surface area contributed by atoms with Gasteiger partial charge in [-0.15, -0.1) is 0 Å². The van der Waals surface area contributed by atoms with Gasteiger partial charge in [-0.1, -0.05) is 45.9 Å². The quantitative estimate of drug-likeness (QED) is 0.511. The van der Waals surface area contributed by atoms with E-state index in [2.05, 4.69) is 32.6 Å². The molecule has 168 valence electrons. The molecule has 1 aliphatic heterocycles. The summed E-state index contributed by atoms with van der Waals surface area (Å²) >= 11 is 4.78. The number of amides is 1. The molecule has 0 bridgehead atoms. The number of amidine groups is 1. The summed E-state index contributed by atoms with van der Waals surface area (Å²) in [5.74, 6) is -0.337. The first-order valence-corrected chi connectivity index (χ1v) is 12.0. The third-order valence-corrected chi connectivity index (χ3v) is 6.10. The van der Waals surface area contributed by atoms with Gasteiger partial charge in [0.1, 0.15) is 6.04 Å². The first-order valence-electron chi connectivity index (χ1n) is 10.3. The van der Waals surface area contributed by atoms with Crippen LogP contribution in [-0.4, -0.2) is 29.4 Å². The number of allylic oxidation sites excluding steroid dienone is 1. The third-order valence-electron chi connectivity index (χ3n) is 4.72. The van der Waals surface area contributed by atoms with Gasteiger partial charge < -0.3 is 15.4 Å². The predicted molar refractivity (Wildman–Crippen MR) is 134 cm³/mol. The molecule has 1 aliphatic rings. The summed E-state index contributed by atoms with van der Waals surface area (Å²) in [7, 11) is 0. The summed E-state index contributed by atoms with van der Waals surface area (Å²) in [6.07, 6.45) is 0. The molecule has 3 rings (SSSR count). The molecular formula is C24H26BrN3O3S. The fourth-order valence-electron chi connectivity index (χ4n) is 3.49. The van der Waals surface area contributed by atoms with E-state index in [1.807, 2.05) is 57.2 Å². The SMILES string of the molecule is CCOC(=O)C1=C(C)NC(SCC(=O)Nc2cc(C)cc(C)c2)=N[C@@H]1c1cccc(Br)c1. The number of thioether (sulfide) groups is 1. The number of halogens is 1. The Morgan fingerprint density at radius 3 is 2.53 bits per heavy atom. The summed E-state index contributed by atoms with van der Waals surface area (Å²) in [5, 5.41) is 6.67. The molecule has 8 heteroatoms. The minimum Gasteiger partial charge on any atom is -0.463 e. The van der Waals surface area contributed by atoms with Gasteiger partial charge in [0.25, 0.3) is 0 Å². The van der Waals surface area contributed by atoms with Crippen molar-refractivity contribution in [3.05, 3.63) is 74.9 Å². The fourth-order valence-corrected chi connectivity index (χ4v) is 4.65. The Balaban J connectivity index is 1.77. The molecule has 0 saturated carbocycles. The van der Waals surface area contributed by atoms with Gasteiger partial charge in [0.2, 0.25) is 5.91 Å². The van der Waals surface area contributed by atoms with Crippen molar-refractivity contribution in [1.29, 1.82) is 0 Å². The van der Waals surface area contributed by atoms with Crippen molar-refractivity contribution < 1.29 is 14.3 Å². The second-order valence-electron chi connectivity index (χ2n) is 7.49. The number of carbonyl (C=O) groups excluding carboxylic acids is 2. The minimum absolute atomic E-state index is 0.124. The van der Waals surface area contributed by atoms with Gasteiger partial charge in [-0.05, 0) is 68.7 Å². The number of hydrogen-bond acceptors (Lipinski definition) is 6. The van der Waals surface area contributed by atoms with Gasteiger partial charge in [-0.3, -0.25) is 4.79 Å². The largest absolute Gasteiger partial charge is 0.463 e. The maximum absolute atomic E-state index is 12.6. The Labute approximate surface area is 201 Å². The van der Waals surface area contributed by atoms with E-state index < -0.39 is 12.0 Å². The second-order valence-corrected chi connectivity index (χ2v) is 9.37. The minimum atomic E-state index is -0.516. The van der Waals surface area contributed by atoms with Crippen LogP contribution >= 0.6 is 27.7 Å². The summed E-state index contributed by atoms with van der Waals surface area (Å²) in [6.45, 7) is 7.87. The van der Waals surface area contributed by atoms with Crippen LogP contribution in [0.25, 0.3) is 0 Å². The van der Waals surface area contributed by atoms with Crippen molar-refractivity contribution in [3.8, 4) is 0 Å². The summed E-state index contributed by atoms with van der Waals surface area (Å²) in [4.78, 5) is 29.9. The van der Waals surface area contributed by atoms with E-state index in [1.54, 1.807) is 6.92 Å². The number of aliphatic imine (C=N–C) groups is 1. The average molecular weight is 516 g/mol. The van der Waals surface area contributed by atoms with Gasteiger partial charge in [0.15, 0.2) is 5.17 Å². The number of ether oxygens (including phenoxy) is 1. The van der Waals surface area contributed by atoms with E-state index >= 15 is 0 Å². The zero-order valence-electron chi connectivity index (χ0n) is 18.5. The molecule has 0 radical (unpaired) electrons. The first-order chi connectivity index (χ1) is 15.3. The van der Waals surface area contributed by atoms with Gasteiger partial charge in [0.05, 0.1) is 17.9 Å². The van der Waals surface area contributed by atoms with Crippen LogP contribution in [0, 0.1) is 13.8 Å². The molecule has 0 fully saturated rings. The van der Waals surface area contributed by atoms with E-state index in [-0.39, 0.29) is 18.3 Å².